The van der Waals surface area contributed by atoms with Crippen molar-refractivity contribution in [3.63, 3.8) is 0 Å². The van der Waals surface area contributed by atoms with Crippen molar-refractivity contribution >= 4 is 17.6 Å². The first kappa shape index (κ1) is 16.3. The van der Waals surface area contributed by atoms with Gasteiger partial charge in [0.05, 0.1) is 11.3 Å². The highest BCUT2D eigenvalue weighted by molar-refractivity contribution is 6.03. The van der Waals surface area contributed by atoms with Crippen LogP contribution in [0.5, 0.6) is 0 Å². The van der Waals surface area contributed by atoms with E-state index in [2.05, 4.69) is 16.0 Å². The number of benzene rings is 1. The highest BCUT2D eigenvalue weighted by Gasteiger charge is 2.19. The van der Waals surface area contributed by atoms with Crippen molar-refractivity contribution in [3.8, 4) is 0 Å². The number of nitrogens with zero attached hydrogens (tertiary/aromatic N) is 1. The van der Waals surface area contributed by atoms with Crippen LogP contribution in [0, 0.1) is 6.92 Å². The summed E-state index contributed by atoms with van der Waals surface area (Å²) in [6, 6.07) is 5.34. The third-order valence-corrected chi connectivity index (χ3v) is 3.70. The van der Waals surface area contributed by atoms with Gasteiger partial charge in [0.25, 0.3) is 5.91 Å². The first-order chi connectivity index (χ1) is 10.5. The maximum absolute atomic E-state index is 12.5. The zero-order valence-electron chi connectivity index (χ0n) is 13.4. The standard InChI is InChI=1S/C16H24N4O2/c1-11-6-7-14(19-16(22)20(2)3)13(9-11)15(21)18-12-5-4-8-17-10-12/h6-7,9,12,17H,4-5,8,10H2,1-3H3,(H,18,21)(H,19,22)/t12-/m0/s1. The first-order valence-corrected chi connectivity index (χ1v) is 7.58. The van der Waals surface area contributed by atoms with Gasteiger partial charge in [-0.3, -0.25) is 4.79 Å². The summed E-state index contributed by atoms with van der Waals surface area (Å²) < 4.78 is 0. The summed E-state index contributed by atoms with van der Waals surface area (Å²) >= 11 is 0. The molecule has 0 aromatic heterocycles. The molecule has 0 bridgehead atoms. The van der Waals surface area contributed by atoms with Crippen LogP contribution in [0.3, 0.4) is 0 Å². The Morgan fingerprint density at radius 2 is 2.09 bits per heavy atom. The number of carbonyl (C=O) groups excluding carboxylic acids is 2. The van der Waals surface area contributed by atoms with Gasteiger partial charge in [0.15, 0.2) is 0 Å². The van der Waals surface area contributed by atoms with E-state index in [1.54, 1.807) is 26.2 Å². The molecule has 1 aromatic carbocycles. The van der Waals surface area contributed by atoms with Crippen molar-refractivity contribution in [2.45, 2.75) is 25.8 Å². The molecule has 0 unspecified atom stereocenters. The molecule has 0 spiro atoms. The second-order valence-corrected chi connectivity index (χ2v) is 5.89. The van der Waals surface area contributed by atoms with E-state index in [1.165, 1.54) is 4.90 Å². The van der Waals surface area contributed by atoms with Gasteiger partial charge in [-0.15, -0.1) is 0 Å². The molecule has 0 radical (unpaired) electrons. The van der Waals surface area contributed by atoms with E-state index in [4.69, 9.17) is 0 Å². The van der Waals surface area contributed by atoms with Gasteiger partial charge < -0.3 is 20.9 Å². The Kier molecular flexibility index (Phi) is 5.38. The van der Waals surface area contributed by atoms with Crippen LogP contribution in [0.25, 0.3) is 0 Å². The lowest BCUT2D eigenvalue weighted by atomic mass is 10.1. The van der Waals surface area contributed by atoms with Crippen molar-refractivity contribution in [2.75, 3.05) is 32.5 Å². The smallest absolute Gasteiger partial charge is 0.321 e. The van der Waals surface area contributed by atoms with Gasteiger partial charge in [-0.1, -0.05) is 11.6 Å². The SMILES string of the molecule is Cc1ccc(NC(=O)N(C)C)c(C(=O)N[C@H]2CCCNC2)c1. The van der Waals surface area contributed by atoms with Gasteiger partial charge in [0, 0.05) is 26.7 Å². The van der Waals surface area contributed by atoms with Crippen molar-refractivity contribution in [1.82, 2.24) is 15.5 Å². The van der Waals surface area contributed by atoms with E-state index in [0.29, 0.717) is 11.3 Å². The highest BCUT2D eigenvalue weighted by Crippen LogP contribution is 2.18. The Morgan fingerprint density at radius 3 is 2.73 bits per heavy atom. The summed E-state index contributed by atoms with van der Waals surface area (Å²) in [6.07, 6.45) is 2.03. The van der Waals surface area contributed by atoms with E-state index in [1.807, 2.05) is 13.0 Å². The van der Waals surface area contributed by atoms with Crippen molar-refractivity contribution < 1.29 is 9.59 Å². The minimum absolute atomic E-state index is 0.138. The Balaban J connectivity index is 2.14. The summed E-state index contributed by atoms with van der Waals surface area (Å²) in [4.78, 5) is 25.8. The van der Waals surface area contributed by atoms with Gasteiger partial charge in [-0.25, -0.2) is 4.79 Å². The van der Waals surface area contributed by atoms with Crippen LogP contribution < -0.4 is 16.0 Å². The number of amides is 3. The topological polar surface area (TPSA) is 73.5 Å². The lowest BCUT2D eigenvalue weighted by Crippen LogP contribution is -2.45. The molecule has 6 heteroatoms. The predicted octanol–water partition coefficient (Wildman–Crippen LogP) is 1.57. The third-order valence-electron chi connectivity index (χ3n) is 3.70. The highest BCUT2D eigenvalue weighted by atomic mass is 16.2. The van der Waals surface area contributed by atoms with Crippen LogP contribution in [0.15, 0.2) is 18.2 Å². The normalized spacial score (nSPS) is 17.7. The van der Waals surface area contributed by atoms with E-state index < -0.39 is 0 Å². The lowest BCUT2D eigenvalue weighted by molar-refractivity contribution is 0.0931. The molecule has 1 aliphatic rings. The van der Waals surface area contributed by atoms with Gasteiger partial charge in [-0.2, -0.15) is 0 Å². The second kappa shape index (κ2) is 7.26. The molecular formula is C16H24N4O2. The summed E-state index contributed by atoms with van der Waals surface area (Å²) in [6.45, 7) is 3.72. The zero-order valence-corrected chi connectivity index (χ0v) is 13.4. The number of anilines is 1. The summed E-state index contributed by atoms with van der Waals surface area (Å²) in [5.41, 5.74) is 2.01. The maximum atomic E-state index is 12.5. The number of hydrogen-bond donors (Lipinski definition) is 3. The number of piperidine rings is 1. The van der Waals surface area contributed by atoms with Crippen molar-refractivity contribution in [1.29, 1.82) is 0 Å². The molecule has 1 atom stereocenters. The van der Waals surface area contributed by atoms with Crippen LogP contribution in [0.4, 0.5) is 10.5 Å². The molecule has 0 saturated carbocycles. The minimum Gasteiger partial charge on any atom is -0.348 e. The first-order valence-electron chi connectivity index (χ1n) is 7.58. The van der Waals surface area contributed by atoms with Crippen LogP contribution in [0.1, 0.15) is 28.8 Å². The van der Waals surface area contributed by atoms with E-state index in [-0.39, 0.29) is 18.0 Å². The molecule has 3 amide bonds. The molecule has 1 fully saturated rings. The van der Waals surface area contributed by atoms with Gasteiger partial charge in [-0.05, 0) is 38.4 Å². The second-order valence-electron chi connectivity index (χ2n) is 5.89. The van der Waals surface area contributed by atoms with Gasteiger partial charge in [0.2, 0.25) is 0 Å². The van der Waals surface area contributed by atoms with Crippen LogP contribution in [-0.4, -0.2) is 50.1 Å². The quantitative estimate of drug-likeness (QED) is 0.793. The van der Waals surface area contributed by atoms with Crippen LogP contribution in [-0.2, 0) is 0 Å². The monoisotopic (exact) mass is 304 g/mol. The predicted molar refractivity (Wildman–Crippen MR) is 87.2 cm³/mol. The number of nitrogens with one attached hydrogen (secondary N) is 3. The van der Waals surface area contributed by atoms with Crippen LogP contribution in [0.2, 0.25) is 0 Å². The summed E-state index contributed by atoms with van der Waals surface area (Å²) in [5.74, 6) is -0.147. The fourth-order valence-corrected chi connectivity index (χ4v) is 2.42. The Hall–Kier alpha value is -2.08. The number of carbonyl (C=O) groups is 2. The largest absolute Gasteiger partial charge is 0.348 e. The molecule has 120 valence electrons. The molecule has 3 N–H and O–H groups in total. The van der Waals surface area contributed by atoms with Crippen molar-refractivity contribution in [2.24, 2.45) is 0 Å². The Morgan fingerprint density at radius 1 is 1.32 bits per heavy atom. The zero-order chi connectivity index (χ0) is 16.1. The van der Waals surface area contributed by atoms with Gasteiger partial charge in [0.1, 0.15) is 0 Å². The molecule has 1 saturated heterocycles. The average Bonchev–Trinajstić information content (AvgIpc) is 2.49. The minimum atomic E-state index is -0.253. The van der Waals surface area contributed by atoms with Crippen molar-refractivity contribution in [3.05, 3.63) is 29.3 Å². The fraction of sp³-hybridized carbons (Fsp3) is 0.500. The number of aryl methyl sites for hydroxylation is 1. The lowest BCUT2D eigenvalue weighted by Gasteiger charge is -2.24. The molecule has 0 aliphatic carbocycles. The Labute approximate surface area is 131 Å². The average molecular weight is 304 g/mol. The van der Waals surface area contributed by atoms with E-state index >= 15 is 0 Å². The molecule has 2 rings (SSSR count). The number of rotatable bonds is 3. The van der Waals surface area contributed by atoms with E-state index in [9.17, 15) is 9.59 Å². The summed E-state index contributed by atoms with van der Waals surface area (Å²) in [7, 11) is 3.33. The van der Waals surface area contributed by atoms with Crippen LogP contribution >= 0.6 is 0 Å². The Bertz CT molecular complexity index is 551. The molecule has 1 aliphatic heterocycles. The number of urea groups is 1. The molecular weight excluding hydrogens is 280 g/mol. The molecule has 22 heavy (non-hydrogen) atoms. The summed E-state index contributed by atoms with van der Waals surface area (Å²) in [5, 5.41) is 9.08. The fourth-order valence-electron chi connectivity index (χ4n) is 2.42. The number of hydrogen-bond acceptors (Lipinski definition) is 3. The van der Waals surface area contributed by atoms with E-state index in [0.717, 1.165) is 31.5 Å². The maximum Gasteiger partial charge on any atom is 0.321 e. The molecule has 6 nitrogen and oxygen atoms in total. The van der Waals surface area contributed by atoms with Gasteiger partial charge >= 0.3 is 6.03 Å². The molecule has 1 aromatic rings. The third kappa shape index (κ3) is 4.21. The molecule has 1 heterocycles.